The molecule has 0 spiro atoms. The molecule has 140 valence electrons. The van der Waals surface area contributed by atoms with Gasteiger partial charge in [-0.05, 0) is 0 Å². The highest BCUT2D eigenvalue weighted by molar-refractivity contribution is 5.11. The minimum Gasteiger partial charge on any atom is -0.291 e. The third-order valence-corrected chi connectivity index (χ3v) is 2.39. The lowest BCUT2D eigenvalue weighted by atomic mass is 9.93. The Bertz CT molecular complexity index is 400. The van der Waals surface area contributed by atoms with Gasteiger partial charge in [-0.2, -0.15) is 57.1 Å². The summed E-state index contributed by atoms with van der Waals surface area (Å²) in [6, 6.07) is -6.41. The Balaban J connectivity index is 6.37. The second kappa shape index (κ2) is 4.95. The quantitative estimate of drug-likeness (QED) is 0.553. The molecule has 3 N–H and O–H groups in total. The third kappa shape index (κ3) is 2.67. The number of hydrogen-bond donors (Lipinski definition) is 1. The Morgan fingerprint density at radius 3 is 0.783 bits per heavy atom. The van der Waals surface area contributed by atoms with E-state index in [1.807, 2.05) is 0 Å². The summed E-state index contributed by atoms with van der Waals surface area (Å²) in [6.45, 7) is 0. The second-order valence-corrected chi connectivity index (χ2v) is 4.07. The molecule has 0 unspecified atom stereocenters. The summed E-state index contributed by atoms with van der Waals surface area (Å²) in [5.41, 5.74) is 0.964. The van der Waals surface area contributed by atoms with Gasteiger partial charge >= 0.3 is 41.8 Å². The van der Waals surface area contributed by atoms with E-state index < -0.39 is 41.8 Å². The van der Waals surface area contributed by atoms with E-state index in [0.717, 1.165) is 5.73 Å². The first-order valence-electron chi connectivity index (χ1n) is 4.69. The minimum absolute atomic E-state index is 0.964. The zero-order valence-corrected chi connectivity index (χ0v) is 9.88. The molecule has 0 aliphatic carbocycles. The number of quaternary nitrogens is 1. The largest absolute Gasteiger partial charge is 0.460 e. The van der Waals surface area contributed by atoms with Crippen LogP contribution in [0.15, 0.2) is 0 Å². The summed E-state index contributed by atoms with van der Waals surface area (Å²) in [5, 5.41) is 0. The van der Waals surface area contributed by atoms with Crippen LogP contribution in [-0.4, -0.2) is 41.8 Å². The first-order chi connectivity index (χ1) is 9.50. The van der Waals surface area contributed by atoms with Crippen LogP contribution in [0.25, 0.3) is 0 Å². The summed E-state index contributed by atoms with van der Waals surface area (Å²) in [5.74, 6) is -39.9. The molecule has 0 aliphatic heterocycles. The van der Waals surface area contributed by atoms with Crippen LogP contribution in [0.5, 0.6) is 0 Å². The van der Waals surface area contributed by atoms with Crippen LogP contribution in [0.3, 0.4) is 0 Å². The highest BCUT2D eigenvalue weighted by Crippen LogP contribution is 2.61. The number of alkyl halides is 15. The fourth-order valence-electron chi connectivity index (χ4n) is 0.999. The van der Waals surface area contributed by atoms with E-state index in [-0.39, 0.29) is 0 Å². The molecular formula is C7H3F15N+. The summed E-state index contributed by atoms with van der Waals surface area (Å²) >= 11 is 0. The maximum Gasteiger partial charge on any atom is 0.460 e. The van der Waals surface area contributed by atoms with Crippen molar-refractivity contribution in [3.8, 4) is 0 Å². The van der Waals surface area contributed by atoms with Gasteiger partial charge in [-0.3, -0.25) is 5.73 Å². The molecule has 0 atom stereocenters. The van der Waals surface area contributed by atoms with Crippen molar-refractivity contribution in [3.05, 3.63) is 0 Å². The molecule has 16 heteroatoms. The van der Waals surface area contributed by atoms with E-state index in [9.17, 15) is 65.9 Å². The number of halogens is 15. The molecule has 0 aliphatic rings. The highest BCUT2D eigenvalue weighted by atomic mass is 19.4. The molecule has 0 bridgehead atoms. The van der Waals surface area contributed by atoms with Crippen molar-refractivity contribution in [1.29, 1.82) is 0 Å². The van der Waals surface area contributed by atoms with E-state index in [2.05, 4.69) is 0 Å². The van der Waals surface area contributed by atoms with Crippen LogP contribution in [0.4, 0.5) is 65.9 Å². The molecular weight excluding hydrogens is 383 g/mol. The van der Waals surface area contributed by atoms with E-state index in [4.69, 9.17) is 0 Å². The molecule has 0 aromatic heterocycles. The monoisotopic (exact) mass is 386 g/mol. The molecule has 0 rings (SSSR count). The van der Waals surface area contributed by atoms with Crippen molar-refractivity contribution < 1.29 is 71.6 Å². The smallest absolute Gasteiger partial charge is 0.291 e. The zero-order chi connectivity index (χ0) is 19.5. The van der Waals surface area contributed by atoms with Gasteiger partial charge in [0.05, 0.1) is 0 Å². The lowest BCUT2D eigenvalue weighted by Gasteiger charge is -2.39. The molecule has 0 aromatic rings. The van der Waals surface area contributed by atoms with Crippen LogP contribution in [0, 0.1) is 0 Å². The van der Waals surface area contributed by atoms with Crippen LogP contribution in [-0.2, 0) is 0 Å². The summed E-state index contributed by atoms with van der Waals surface area (Å²) < 4.78 is 185. The maximum absolute atomic E-state index is 12.7. The normalized spacial score (nSPS) is 16.7. The molecule has 23 heavy (non-hydrogen) atoms. The summed E-state index contributed by atoms with van der Waals surface area (Å²) in [4.78, 5) is 0. The van der Waals surface area contributed by atoms with Crippen molar-refractivity contribution in [1.82, 2.24) is 0 Å². The lowest BCUT2D eigenvalue weighted by Crippen LogP contribution is -2.82. The third-order valence-electron chi connectivity index (χ3n) is 2.39. The zero-order valence-electron chi connectivity index (χ0n) is 9.88. The first kappa shape index (κ1) is 21.9. The van der Waals surface area contributed by atoms with E-state index in [1.54, 1.807) is 0 Å². The first-order valence-corrected chi connectivity index (χ1v) is 4.69. The Morgan fingerprint density at radius 2 is 0.565 bits per heavy atom. The number of rotatable bonds is 5. The van der Waals surface area contributed by atoms with E-state index >= 15 is 0 Å². The standard InChI is InChI=1S/C7H2F15N/c8-1(9,2(10,11)4(14,15)6(18,19)20)3(12,13)5(16,17)7(21,22)23/h23H2/p+1. The molecule has 0 heterocycles. The molecule has 0 radical (unpaired) electrons. The Hall–Kier alpha value is -1.09. The Morgan fingerprint density at radius 1 is 0.348 bits per heavy atom. The average molecular weight is 386 g/mol. The summed E-state index contributed by atoms with van der Waals surface area (Å²) in [6.07, 6.45) is -7.59. The van der Waals surface area contributed by atoms with Gasteiger partial charge < -0.3 is 0 Å². The molecule has 1 nitrogen and oxygen atoms in total. The van der Waals surface area contributed by atoms with Gasteiger partial charge in [0.25, 0.3) is 0 Å². The van der Waals surface area contributed by atoms with Gasteiger partial charge in [-0.1, -0.05) is 0 Å². The van der Waals surface area contributed by atoms with Crippen molar-refractivity contribution >= 4 is 0 Å². The topological polar surface area (TPSA) is 27.6 Å². The van der Waals surface area contributed by atoms with Gasteiger partial charge in [-0.15, -0.1) is 8.78 Å². The van der Waals surface area contributed by atoms with Gasteiger partial charge in [0.2, 0.25) is 0 Å². The van der Waals surface area contributed by atoms with Crippen molar-refractivity contribution in [2.75, 3.05) is 0 Å². The van der Waals surface area contributed by atoms with Gasteiger partial charge in [-0.25, -0.2) is 0 Å². The molecule has 0 saturated heterocycles. The maximum atomic E-state index is 12.7. The van der Waals surface area contributed by atoms with E-state index in [1.165, 1.54) is 0 Å². The van der Waals surface area contributed by atoms with Gasteiger partial charge in [0.1, 0.15) is 0 Å². The Labute approximate surface area is 115 Å². The van der Waals surface area contributed by atoms with Crippen molar-refractivity contribution in [2.24, 2.45) is 0 Å². The molecule has 0 saturated carbocycles. The average Bonchev–Trinajstić information content (AvgIpc) is 2.24. The fraction of sp³-hybridized carbons (Fsp3) is 1.00. The van der Waals surface area contributed by atoms with Gasteiger partial charge in [0.15, 0.2) is 0 Å². The van der Waals surface area contributed by atoms with Gasteiger partial charge in [0, 0.05) is 0 Å². The lowest BCUT2D eigenvalue weighted by molar-refractivity contribution is -0.631. The predicted octanol–water partition coefficient (Wildman–Crippen LogP) is 3.56. The van der Waals surface area contributed by atoms with Crippen LogP contribution in [0.2, 0.25) is 0 Å². The van der Waals surface area contributed by atoms with Crippen LogP contribution >= 0.6 is 0 Å². The predicted molar refractivity (Wildman–Crippen MR) is 38.6 cm³/mol. The fourth-order valence-corrected chi connectivity index (χ4v) is 0.999. The molecule has 0 fully saturated rings. The second-order valence-electron chi connectivity index (χ2n) is 4.07. The van der Waals surface area contributed by atoms with Crippen molar-refractivity contribution in [3.63, 3.8) is 0 Å². The molecule has 0 aromatic carbocycles. The Kier molecular flexibility index (Phi) is 4.72. The van der Waals surface area contributed by atoms with E-state index in [0.29, 0.717) is 0 Å². The van der Waals surface area contributed by atoms with Crippen LogP contribution < -0.4 is 5.73 Å². The number of hydrogen-bond acceptors (Lipinski definition) is 0. The molecule has 0 amide bonds. The highest BCUT2D eigenvalue weighted by Gasteiger charge is 2.94. The van der Waals surface area contributed by atoms with Crippen LogP contribution in [0.1, 0.15) is 0 Å². The summed E-state index contributed by atoms with van der Waals surface area (Å²) in [7, 11) is 0. The minimum atomic E-state index is -8.23. The van der Waals surface area contributed by atoms with Crippen molar-refractivity contribution in [2.45, 2.75) is 41.8 Å². The SMILES string of the molecule is [NH3+]C(F)(F)C(F)(F)C(F)(F)C(F)(F)C(F)(F)C(F)(F)C(F)(F)F.